The fourth-order valence-electron chi connectivity index (χ4n) is 2.17. The number of nitrogens with zero attached hydrogens (tertiary/aromatic N) is 1. The molecule has 0 saturated heterocycles. The van der Waals surface area contributed by atoms with Crippen molar-refractivity contribution in [3.05, 3.63) is 35.1 Å². The van der Waals surface area contributed by atoms with Gasteiger partial charge in [-0.1, -0.05) is 0 Å². The minimum Gasteiger partial charge on any atom is -0.393 e. The Bertz CT molecular complexity index is 448. The van der Waals surface area contributed by atoms with E-state index in [1.54, 1.807) is 0 Å². The summed E-state index contributed by atoms with van der Waals surface area (Å²) in [5, 5.41) is 18.1. The quantitative estimate of drug-likeness (QED) is 0.895. The summed E-state index contributed by atoms with van der Waals surface area (Å²) in [4.78, 5) is 0. The molecule has 1 aliphatic rings. The van der Waals surface area contributed by atoms with Crippen LogP contribution in [0.1, 0.15) is 36.8 Å². The first-order valence-electron chi connectivity index (χ1n) is 6.17. The molecule has 0 amide bonds. The fourth-order valence-corrected chi connectivity index (χ4v) is 2.17. The van der Waals surface area contributed by atoms with Gasteiger partial charge in [0.25, 0.3) is 0 Å². The monoisotopic (exact) mass is 249 g/mol. The van der Waals surface area contributed by atoms with Gasteiger partial charge in [0.2, 0.25) is 0 Å². The van der Waals surface area contributed by atoms with Crippen molar-refractivity contribution in [2.45, 2.75) is 44.5 Å². The standard InChI is InChI=1S/C14H16FNO2/c15-14-6-1-10(8-16)7-11(14)9-18-13-4-2-12(17)3-5-13/h1,6-7,12-13,17H,2-5,9H2. The van der Waals surface area contributed by atoms with E-state index in [-0.39, 0.29) is 24.6 Å². The number of ether oxygens (including phenoxy) is 1. The summed E-state index contributed by atoms with van der Waals surface area (Å²) in [7, 11) is 0. The summed E-state index contributed by atoms with van der Waals surface area (Å²) in [6.45, 7) is 0.183. The Balaban J connectivity index is 1.92. The molecule has 0 unspecified atom stereocenters. The van der Waals surface area contributed by atoms with Gasteiger partial charge in [0.1, 0.15) is 5.82 Å². The molecule has 0 aliphatic heterocycles. The predicted octanol–water partition coefficient (Wildman–Crippen LogP) is 2.52. The number of rotatable bonds is 3. The first-order chi connectivity index (χ1) is 8.69. The van der Waals surface area contributed by atoms with Crippen LogP contribution in [0, 0.1) is 17.1 Å². The molecule has 0 spiro atoms. The molecule has 0 bridgehead atoms. The molecule has 96 valence electrons. The first kappa shape index (κ1) is 13.0. The third-order valence-corrected chi connectivity index (χ3v) is 3.29. The lowest BCUT2D eigenvalue weighted by Gasteiger charge is -2.25. The van der Waals surface area contributed by atoms with Gasteiger partial charge in [-0.25, -0.2) is 4.39 Å². The van der Waals surface area contributed by atoms with Crippen molar-refractivity contribution in [1.82, 2.24) is 0 Å². The Labute approximate surface area is 106 Å². The Kier molecular flexibility index (Phi) is 4.29. The molecule has 1 N–H and O–H groups in total. The van der Waals surface area contributed by atoms with E-state index < -0.39 is 0 Å². The van der Waals surface area contributed by atoms with Gasteiger partial charge in [0.05, 0.1) is 30.4 Å². The van der Waals surface area contributed by atoms with Gasteiger partial charge in [-0.3, -0.25) is 0 Å². The number of halogens is 1. The maximum Gasteiger partial charge on any atom is 0.128 e. The van der Waals surface area contributed by atoms with Gasteiger partial charge in [-0.05, 0) is 43.9 Å². The van der Waals surface area contributed by atoms with Crippen molar-refractivity contribution < 1.29 is 14.2 Å². The zero-order valence-electron chi connectivity index (χ0n) is 10.1. The van der Waals surface area contributed by atoms with E-state index in [1.807, 2.05) is 6.07 Å². The molecule has 0 radical (unpaired) electrons. The zero-order chi connectivity index (χ0) is 13.0. The second-order valence-electron chi connectivity index (χ2n) is 4.66. The molecule has 2 rings (SSSR count). The molecular weight excluding hydrogens is 233 g/mol. The fraction of sp³-hybridized carbons (Fsp3) is 0.500. The normalized spacial score (nSPS) is 23.6. The summed E-state index contributed by atoms with van der Waals surface area (Å²) in [6.07, 6.45) is 2.96. The van der Waals surface area contributed by atoms with Gasteiger partial charge in [-0.2, -0.15) is 5.26 Å². The third-order valence-electron chi connectivity index (χ3n) is 3.29. The third kappa shape index (κ3) is 3.28. The van der Waals surface area contributed by atoms with E-state index >= 15 is 0 Å². The average Bonchev–Trinajstić information content (AvgIpc) is 2.40. The molecule has 18 heavy (non-hydrogen) atoms. The van der Waals surface area contributed by atoms with Crippen LogP contribution in [0.15, 0.2) is 18.2 Å². The lowest BCUT2D eigenvalue weighted by Crippen LogP contribution is -2.24. The highest BCUT2D eigenvalue weighted by Crippen LogP contribution is 2.22. The van der Waals surface area contributed by atoms with Gasteiger partial charge < -0.3 is 9.84 Å². The number of aliphatic hydroxyl groups excluding tert-OH is 1. The van der Waals surface area contributed by atoms with Gasteiger partial charge in [0, 0.05) is 5.56 Å². The first-order valence-corrected chi connectivity index (χ1v) is 6.17. The summed E-state index contributed by atoms with van der Waals surface area (Å²) in [5.74, 6) is -0.343. The summed E-state index contributed by atoms with van der Waals surface area (Å²) in [6, 6.07) is 6.25. The number of benzene rings is 1. The smallest absolute Gasteiger partial charge is 0.128 e. The van der Waals surface area contributed by atoms with Crippen LogP contribution in [0.2, 0.25) is 0 Å². The van der Waals surface area contributed by atoms with Crippen molar-refractivity contribution >= 4 is 0 Å². The zero-order valence-corrected chi connectivity index (χ0v) is 10.1. The second kappa shape index (κ2) is 5.94. The molecule has 1 aromatic carbocycles. The number of hydrogen-bond acceptors (Lipinski definition) is 3. The van der Waals surface area contributed by atoms with E-state index in [0.717, 1.165) is 25.7 Å². The van der Waals surface area contributed by atoms with E-state index in [0.29, 0.717) is 11.1 Å². The molecule has 4 heteroatoms. The average molecular weight is 249 g/mol. The van der Waals surface area contributed by atoms with Crippen molar-refractivity contribution in [3.8, 4) is 6.07 Å². The Morgan fingerprint density at radius 1 is 1.33 bits per heavy atom. The molecule has 0 atom stereocenters. The molecular formula is C14H16FNO2. The molecule has 1 aliphatic carbocycles. The Hall–Kier alpha value is -1.44. The maximum absolute atomic E-state index is 13.5. The summed E-state index contributed by atoms with van der Waals surface area (Å²) < 4.78 is 19.1. The van der Waals surface area contributed by atoms with E-state index in [2.05, 4.69) is 0 Å². The Morgan fingerprint density at radius 3 is 2.72 bits per heavy atom. The molecule has 1 aromatic rings. The lowest BCUT2D eigenvalue weighted by molar-refractivity contribution is -0.0127. The molecule has 0 aromatic heterocycles. The Morgan fingerprint density at radius 2 is 2.06 bits per heavy atom. The van der Waals surface area contributed by atoms with Crippen molar-refractivity contribution in [2.75, 3.05) is 0 Å². The number of hydrogen-bond donors (Lipinski definition) is 1. The molecule has 1 fully saturated rings. The van der Waals surface area contributed by atoms with Gasteiger partial charge in [0.15, 0.2) is 0 Å². The van der Waals surface area contributed by atoms with Crippen LogP contribution in [0.4, 0.5) is 4.39 Å². The van der Waals surface area contributed by atoms with E-state index in [4.69, 9.17) is 10.00 Å². The highest BCUT2D eigenvalue weighted by Gasteiger charge is 2.20. The minimum absolute atomic E-state index is 0.0820. The van der Waals surface area contributed by atoms with Crippen LogP contribution < -0.4 is 0 Å². The predicted molar refractivity (Wildman–Crippen MR) is 64.2 cm³/mol. The van der Waals surface area contributed by atoms with E-state index in [9.17, 15) is 9.50 Å². The largest absolute Gasteiger partial charge is 0.393 e. The van der Waals surface area contributed by atoms with Crippen LogP contribution in [-0.4, -0.2) is 17.3 Å². The molecule has 1 saturated carbocycles. The van der Waals surface area contributed by atoms with Crippen LogP contribution in [0.3, 0.4) is 0 Å². The summed E-state index contributed by atoms with van der Waals surface area (Å²) in [5.41, 5.74) is 0.856. The van der Waals surface area contributed by atoms with E-state index in [1.165, 1.54) is 18.2 Å². The minimum atomic E-state index is -0.343. The number of nitriles is 1. The van der Waals surface area contributed by atoms with Crippen molar-refractivity contribution in [1.29, 1.82) is 5.26 Å². The van der Waals surface area contributed by atoms with Gasteiger partial charge in [-0.15, -0.1) is 0 Å². The number of aliphatic hydroxyl groups is 1. The highest BCUT2D eigenvalue weighted by atomic mass is 19.1. The maximum atomic E-state index is 13.5. The second-order valence-corrected chi connectivity index (χ2v) is 4.66. The molecule has 0 heterocycles. The van der Waals surface area contributed by atoms with Crippen LogP contribution in [-0.2, 0) is 11.3 Å². The SMILES string of the molecule is N#Cc1ccc(F)c(COC2CCC(O)CC2)c1. The van der Waals surface area contributed by atoms with Crippen LogP contribution in [0.25, 0.3) is 0 Å². The summed E-state index contributed by atoms with van der Waals surface area (Å²) >= 11 is 0. The lowest BCUT2D eigenvalue weighted by atomic mass is 9.95. The molecule has 3 nitrogen and oxygen atoms in total. The van der Waals surface area contributed by atoms with Crippen LogP contribution in [0.5, 0.6) is 0 Å². The van der Waals surface area contributed by atoms with Crippen LogP contribution >= 0.6 is 0 Å². The van der Waals surface area contributed by atoms with Crippen molar-refractivity contribution in [3.63, 3.8) is 0 Å². The highest BCUT2D eigenvalue weighted by molar-refractivity contribution is 5.33. The van der Waals surface area contributed by atoms with Crippen molar-refractivity contribution in [2.24, 2.45) is 0 Å². The topological polar surface area (TPSA) is 53.2 Å². The van der Waals surface area contributed by atoms with Gasteiger partial charge >= 0.3 is 0 Å².